The van der Waals surface area contributed by atoms with Crippen molar-refractivity contribution in [3.05, 3.63) is 54.4 Å². The minimum absolute atomic E-state index is 0.150. The molecule has 4 rings (SSSR count). The van der Waals surface area contributed by atoms with Gasteiger partial charge in [-0.05, 0) is 56.3 Å². The first kappa shape index (κ1) is 21.3. The number of likely N-dealkylation sites (tertiary alicyclic amines) is 1. The molecule has 1 aromatic carbocycles. The van der Waals surface area contributed by atoms with Crippen molar-refractivity contribution in [1.29, 1.82) is 0 Å². The summed E-state index contributed by atoms with van der Waals surface area (Å²) >= 11 is 0. The van der Waals surface area contributed by atoms with E-state index in [1.165, 1.54) is 13.8 Å². The monoisotopic (exact) mass is 424 g/mol. The van der Waals surface area contributed by atoms with Crippen LogP contribution in [-0.2, 0) is 4.79 Å². The number of nitrogens with zero attached hydrogens (tertiary/aromatic N) is 2. The first-order chi connectivity index (χ1) is 14.8. The van der Waals surface area contributed by atoms with Gasteiger partial charge in [0, 0.05) is 50.1 Å². The Balaban J connectivity index is 1.34. The summed E-state index contributed by atoms with van der Waals surface area (Å²) in [4.78, 5) is 31.1. The van der Waals surface area contributed by atoms with Crippen LogP contribution in [0.2, 0.25) is 0 Å². The van der Waals surface area contributed by atoms with E-state index < -0.39 is 11.2 Å². The number of carbonyl (C=O) groups is 2. The van der Waals surface area contributed by atoms with Gasteiger partial charge >= 0.3 is 6.03 Å². The van der Waals surface area contributed by atoms with Crippen LogP contribution < -0.4 is 15.4 Å². The predicted octanol–water partition coefficient (Wildman–Crippen LogP) is 2.16. The number of Topliss-reactive ketones (excluding diaryl/α,β-unsaturated/α-hetero) is 1. The Bertz CT molecular complexity index is 928. The number of amides is 2. The zero-order valence-corrected chi connectivity index (χ0v) is 17.8. The fraction of sp³-hybridized carbons (Fsp3) is 0.435. The maximum Gasteiger partial charge on any atom is 0.321 e. The molecule has 3 heterocycles. The van der Waals surface area contributed by atoms with Crippen LogP contribution >= 0.6 is 0 Å². The van der Waals surface area contributed by atoms with Crippen molar-refractivity contribution in [3.63, 3.8) is 0 Å². The lowest BCUT2D eigenvalue weighted by molar-refractivity contribution is -0.149. The average Bonchev–Trinajstić information content (AvgIpc) is 3.17. The Hall–Kier alpha value is -2.97. The highest BCUT2D eigenvalue weighted by atomic mass is 16.5. The number of hydrogen-bond acceptors (Lipinski definition) is 6. The molecule has 0 aliphatic carbocycles. The number of aliphatic hydroxyl groups is 1. The van der Waals surface area contributed by atoms with Gasteiger partial charge in [-0.2, -0.15) is 0 Å². The number of rotatable bonds is 6. The van der Waals surface area contributed by atoms with Crippen molar-refractivity contribution < 1.29 is 19.4 Å². The lowest BCUT2D eigenvalue weighted by Gasteiger charge is -2.39. The molecule has 2 aliphatic heterocycles. The summed E-state index contributed by atoms with van der Waals surface area (Å²) in [5, 5.41) is 16.2. The van der Waals surface area contributed by atoms with Crippen LogP contribution in [0.3, 0.4) is 0 Å². The normalized spacial score (nSPS) is 21.5. The molecule has 164 valence electrons. The molecule has 8 heteroatoms. The third kappa shape index (κ3) is 4.55. The molecule has 2 fully saturated rings. The van der Waals surface area contributed by atoms with E-state index in [9.17, 15) is 14.7 Å². The number of nitrogens with one attached hydrogen (secondary N) is 2. The molecule has 8 nitrogen and oxygen atoms in total. The third-order valence-corrected chi connectivity index (χ3v) is 5.83. The number of hydrogen-bond donors (Lipinski definition) is 3. The zero-order chi connectivity index (χ0) is 22.1. The van der Waals surface area contributed by atoms with E-state index >= 15 is 0 Å². The highest BCUT2D eigenvalue weighted by molar-refractivity contribution is 5.95. The van der Waals surface area contributed by atoms with E-state index in [1.54, 1.807) is 35.4 Å². The summed E-state index contributed by atoms with van der Waals surface area (Å²) in [6.07, 6.45) is 4.07. The molecule has 1 atom stereocenters. The van der Waals surface area contributed by atoms with Crippen molar-refractivity contribution >= 4 is 17.5 Å². The Morgan fingerprint density at radius 2 is 2.00 bits per heavy atom. The van der Waals surface area contributed by atoms with Gasteiger partial charge in [-0.25, -0.2) is 4.79 Å². The van der Waals surface area contributed by atoms with Crippen LogP contribution in [0.25, 0.3) is 0 Å². The Morgan fingerprint density at radius 1 is 1.26 bits per heavy atom. The molecule has 0 radical (unpaired) electrons. The van der Waals surface area contributed by atoms with Crippen molar-refractivity contribution in [2.45, 2.75) is 37.4 Å². The summed E-state index contributed by atoms with van der Waals surface area (Å²) < 4.78 is 6.05. The molecule has 3 N–H and O–H groups in total. The SMILES string of the molecule is CC(C)(O)C(=O)[C@@]1(Oc2ccc(NC(=O)N3CC(c4cccnc4)C3)cc2)CCNC1. The summed E-state index contributed by atoms with van der Waals surface area (Å²) in [7, 11) is 0. The van der Waals surface area contributed by atoms with Crippen LogP contribution in [-0.4, -0.2) is 64.2 Å². The predicted molar refractivity (Wildman–Crippen MR) is 116 cm³/mol. The van der Waals surface area contributed by atoms with Crippen LogP contribution in [0, 0.1) is 0 Å². The Labute approximate surface area is 181 Å². The topological polar surface area (TPSA) is 104 Å². The number of aromatic nitrogens is 1. The van der Waals surface area contributed by atoms with Crippen LogP contribution in [0.4, 0.5) is 10.5 Å². The van der Waals surface area contributed by atoms with E-state index in [-0.39, 0.29) is 11.8 Å². The Morgan fingerprint density at radius 3 is 2.58 bits per heavy atom. The van der Waals surface area contributed by atoms with Crippen molar-refractivity contribution in [3.8, 4) is 5.75 Å². The zero-order valence-electron chi connectivity index (χ0n) is 17.8. The van der Waals surface area contributed by atoms with Gasteiger partial charge in [0.2, 0.25) is 5.78 Å². The molecule has 2 aliphatic rings. The molecule has 0 bridgehead atoms. The average molecular weight is 425 g/mol. The largest absolute Gasteiger partial charge is 0.478 e. The van der Waals surface area contributed by atoms with Crippen LogP contribution in [0.5, 0.6) is 5.75 Å². The molecular weight excluding hydrogens is 396 g/mol. The number of ketones is 1. The Kier molecular flexibility index (Phi) is 5.68. The lowest BCUT2D eigenvalue weighted by Crippen LogP contribution is -2.55. The molecule has 2 saturated heterocycles. The summed E-state index contributed by atoms with van der Waals surface area (Å²) in [6, 6.07) is 10.7. The number of ether oxygens (including phenoxy) is 1. The van der Waals surface area contributed by atoms with Crippen molar-refractivity contribution in [1.82, 2.24) is 15.2 Å². The molecule has 2 aromatic rings. The van der Waals surface area contributed by atoms with E-state index in [0.717, 1.165) is 5.56 Å². The minimum atomic E-state index is -1.48. The van der Waals surface area contributed by atoms with Crippen molar-refractivity contribution in [2.75, 3.05) is 31.5 Å². The molecule has 0 saturated carbocycles. The highest BCUT2D eigenvalue weighted by Gasteiger charge is 2.49. The van der Waals surface area contributed by atoms with Crippen molar-refractivity contribution in [2.24, 2.45) is 0 Å². The second kappa shape index (κ2) is 8.28. The fourth-order valence-electron chi connectivity index (χ4n) is 4.06. The molecule has 0 spiro atoms. The number of pyridine rings is 1. The van der Waals surface area contributed by atoms with E-state index in [2.05, 4.69) is 15.6 Å². The van der Waals surface area contributed by atoms with Crippen LogP contribution in [0.1, 0.15) is 31.7 Å². The van der Waals surface area contributed by atoms with Gasteiger partial charge in [0.1, 0.15) is 11.4 Å². The van der Waals surface area contributed by atoms with E-state index in [1.807, 2.05) is 18.3 Å². The lowest BCUT2D eigenvalue weighted by atomic mass is 9.86. The summed E-state index contributed by atoms with van der Waals surface area (Å²) in [6.45, 7) is 5.27. The molecule has 2 amide bonds. The standard InChI is InChI=1S/C23H28N4O4/c1-22(2,30)20(28)23(9-11-25-15-23)31-19-7-5-18(6-8-19)26-21(29)27-13-17(14-27)16-4-3-10-24-12-16/h3-8,10,12,17,25,30H,9,11,13-15H2,1-2H3,(H,26,29)/t23-/m1/s1. The van der Waals surface area contributed by atoms with Gasteiger partial charge in [-0.3, -0.25) is 9.78 Å². The quantitative estimate of drug-likeness (QED) is 0.657. The molecule has 0 unspecified atom stereocenters. The molecule has 1 aromatic heterocycles. The molecule has 31 heavy (non-hydrogen) atoms. The van der Waals surface area contributed by atoms with Gasteiger partial charge in [0.05, 0.1) is 0 Å². The second-order valence-electron chi connectivity index (χ2n) is 8.75. The smallest absolute Gasteiger partial charge is 0.321 e. The summed E-state index contributed by atoms with van der Waals surface area (Å²) in [5.74, 6) is 0.489. The van der Waals surface area contributed by atoms with Gasteiger partial charge in [-0.1, -0.05) is 6.07 Å². The van der Waals surface area contributed by atoms with Gasteiger partial charge in [-0.15, -0.1) is 0 Å². The second-order valence-corrected chi connectivity index (χ2v) is 8.75. The highest BCUT2D eigenvalue weighted by Crippen LogP contribution is 2.30. The first-order valence-electron chi connectivity index (χ1n) is 10.5. The maximum absolute atomic E-state index is 12.8. The summed E-state index contributed by atoms with van der Waals surface area (Å²) in [5.41, 5.74) is -0.786. The maximum atomic E-state index is 12.8. The number of anilines is 1. The van der Waals surface area contributed by atoms with Gasteiger partial charge in [0.15, 0.2) is 5.60 Å². The van der Waals surface area contributed by atoms with Crippen LogP contribution in [0.15, 0.2) is 48.8 Å². The van der Waals surface area contributed by atoms with E-state index in [4.69, 9.17) is 4.74 Å². The number of urea groups is 1. The fourth-order valence-corrected chi connectivity index (χ4v) is 4.06. The van der Waals surface area contributed by atoms with E-state index in [0.29, 0.717) is 50.0 Å². The third-order valence-electron chi connectivity index (χ3n) is 5.83. The number of carbonyl (C=O) groups excluding carboxylic acids is 2. The van der Waals surface area contributed by atoms with Gasteiger partial charge < -0.3 is 25.4 Å². The number of benzene rings is 1. The minimum Gasteiger partial charge on any atom is -0.478 e. The molecular formula is C23H28N4O4. The first-order valence-corrected chi connectivity index (χ1v) is 10.5. The van der Waals surface area contributed by atoms with Gasteiger partial charge in [0.25, 0.3) is 0 Å².